The third kappa shape index (κ3) is 2.28. The molecule has 0 N–H and O–H groups in total. The Balaban J connectivity index is 1.72. The van der Waals surface area contributed by atoms with Crippen LogP contribution in [0, 0.1) is 0 Å². The molecule has 0 fully saturated rings. The molecule has 0 spiro atoms. The summed E-state index contributed by atoms with van der Waals surface area (Å²) in [5.74, 6) is 1.01. The van der Waals surface area contributed by atoms with Crippen molar-refractivity contribution in [3.8, 4) is 34.3 Å². The number of nitrogens with zero attached hydrogens (tertiary/aromatic N) is 1. The molecule has 26 heavy (non-hydrogen) atoms. The maximum absolute atomic E-state index is 11.7. The number of pyridine rings is 1. The van der Waals surface area contributed by atoms with Gasteiger partial charge in [-0.15, -0.1) is 0 Å². The third-order valence-electron chi connectivity index (χ3n) is 4.36. The van der Waals surface area contributed by atoms with E-state index in [1.165, 1.54) is 6.07 Å². The Morgan fingerprint density at radius 2 is 1.62 bits per heavy atom. The zero-order chi connectivity index (χ0) is 17.7. The van der Waals surface area contributed by atoms with E-state index >= 15 is 0 Å². The third-order valence-corrected chi connectivity index (χ3v) is 4.36. The van der Waals surface area contributed by atoms with Crippen molar-refractivity contribution in [2.75, 3.05) is 20.0 Å². The number of carbonyl (C=O) groups is 1. The lowest BCUT2D eigenvalue weighted by Gasteiger charge is -2.20. The van der Waals surface area contributed by atoms with Crippen LogP contribution in [0.5, 0.6) is 23.0 Å². The van der Waals surface area contributed by atoms with E-state index < -0.39 is 5.97 Å². The highest BCUT2D eigenvalue weighted by molar-refractivity contribution is 6.04. The number of carbonyl (C=O) groups excluding carboxylic acids is 1. The first-order valence-corrected chi connectivity index (χ1v) is 8.05. The van der Waals surface area contributed by atoms with Gasteiger partial charge in [-0.2, -0.15) is 0 Å². The average Bonchev–Trinajstić information content (AvgIpc) is 3.13. The number of rotatable bonds is 2. The van der Waals surface area contributed by atoms with E-state index in [0.717, 1.165) is 0 Å². The van der Waals surface area contributed by atoms with Gasteiger partial charge in [-0.05, 0) is 30.3 Å². The molecule has 3 aromatic rings. The first kappa shape index (κ1) is 14.8. The topological polar surface area (TPSA) is 89.9 Å². The van der Waals surface area contributed by atoms with Crippen LogP contribution in [0.3, 0.4) is 0 Å². The van der Waals surface area contributed by atoms with Crippen LogP contribution < -0.4 is 24.1 Å². The highest BCUT2D eigenvalue weighted by Crippen LogP contribution is 2.38. The van der Waals surface area contributed by atoms with E-state index in [9.17, 15) is 9.90 Å². The molecule has 0 atom stereocenters. The summed E-state index contributed by atoms with van der Waals surface area (Å²) in [7, 11) is 0. The van der Waals surface area contributed by atoms with E-state index in [0.29, 0.717) is 58.4 Å². The number of ether oxygens (including phenoxy) is 4. The Morgan fingerprint density at radius 3 is 2.42 bits per heavy atom. The van der Waals surface area contributed by atoms with Crippen LogP contribution in [-0.4, -0.2) is 31.0 Å². The van der Waals surface area contributed by atoms with E-state index in [1.807, 2.05) is 0 Å². The van der Waals surface area contributed by atoms with Crippen molar-refractivity contribution in [3.63, 3.8) is 0 Å². The molecule has 7 heteroatoms. The Hall–Kier alpha value is -3.48. The van der Waals surface area contributed by atoms with Gasteiger partial charge in [0.15, 0.2) is 23.0 Å². The quantitative estimate of drug-likeness (QED) is 0.696. The predicted molar refractivity (Wildman–Crippen MR) is 88.6 cm³/mol. The summed E-state index contributed by atoms with van der Waals surface area (Å²) in [6.45, 7) is 1.02. The van der Waals surface area contributed by atoms with Gasteiger partial charge in [0, 0.05) is 22.6 Å². The average molecular weight is 350 g/mol. The molecule has 0 saturated heterocycles. The normalized spacial score (nSPS) is 14.5. The Labute approximate surface area is 147 Å². The van der Waals surface area contributed by atoms with E-state index in [-0.39, 0.29) is 12.4 Å². The minimum atomic E-state index is -1.28. The minimum Gasteiger partial charge on any atom is -0.545 e. The zero-order valence-electron chi connectivity index (χ0n) is 13.5. The number of aromatic carboxylic acids is 1. The molecule has 2 aromatic carbocycles. The fourth-order valence-corrected chi connectivity index (χ4v) is 3.14. The number of fused-ring (bicyclic) bond motifs is 3. The lowest BCUT2D eigenvalue weighted by atomic mass is 10.0. The van der Waals surface area contributed by atoms with Crippen LogP contribution in [0.15, 0.2) is 36.4 Å². The van der Waals surface area contributed by atoms with Crippen LogP contribution >= 0.6 is 0 Å². The van der Waals surface area contributed by atoms with Crippen LogP contribution in [0.25, 0.3) is 22.2 Å². The Kier molecular flexibility index (Phi) is 3.15. The van der Waals surface area contributed by atoms with E-state index in [1.54, 1.807) is 30.3 Å². The number of hydrogen-bond acceptors (Lipinski definition) is 7. The van der Waals surface area contributed by atoms with Crippen LogP contribution in [0.2, 0.25) is 0 Å². The highest BCUT2D eigenvalue weighted by atomic mass is 16.7. The van der Waals surface area contributed by atoms with Crippen molar-refractivity contribution < 1.29 is 28.8 Å². The molecule has 2 aliphatic heterocycles. The Morgan fingerprint density at radius 1 is 0.885 bits per heavy atom. The van der Waals surface area contributed by atoms with Gasteiger partial charge < -0.3 is 28.8 Å². The lowest BCUT2D eigenvalue weighted by molar-refractivity contribution is -0.254. The molecule has 1 aromatic heterocycles. The molecule has 130 valence electrons. The number of carboxylic acids is 1. The van der Waals surface area contributed by atoms with Gasteiger partial charge >= 0.3 is 0 Å². The first-order valence-electron chi connectivity index (χ1n) is 8.05. The highest BCUT2D eigenvalue weighted by Gasteiger charge is 2.18. The Bertz CT molecular complexity index is 1060. The molecular formula is C19H12NO6-. The van der Waals surface area contributed by atoms with Crippen molar-refractivity contribution >= 4 is 16.9 Å². The molecule has 2 aliphatic rings. The molecule has 0 amide bonds. The van der Waals surface area contributed by atoms with Gasteiger partial charge in [0.25, 0.3) is 0 Å². The molecular weight excluding hydrogens is 338 g/mol. The number of carboxylic acid groups (broad SMARTS) is 1. The van der Waals surface area contributed by atoms with Gasteiger partial charge in [0.1, 0.15) is 13.2 Å². The van der Waals surface area contributed by atoms with Gasteiger partial charge in [-0.1, -0.05) is 0 Å². The fraction of sp³-hybridized carbons (Fsp3) is 0.158. The van der Waals surface area contributed by atoms with E-state index in [4.69, 9.17) is 18.9 Å². The standard InChI is InChI=1S/C19H13NO6/c21-19(22)12-6-13(10-1-2-15-16(5-10)26-9-25-15)20-14-8-18-17(7-11(12)14)23-3-4-24-18/h1-2,5-8H,3-4,9H2,(H,21,22)/p-1. The summed E-state index contributed by atoms with van der Waals surface area (Å²) in [6, 6.07) is 10.2. The van der Waals surface area contributed by atoms with Crippen molar-refractivity contribution in [1.29, 1.82) is 0 Å². The monoisotopic (exact) mass is 350 g/mol. The minimum absolute atomic E-state index is 0.0413. The number of benzene rings is 2. The smallest absolute Gasteiger partial charge is 0.231 e. The second kappa shape index (κ2) is 5.52. The van der Waals surface area contributed by atoms with Gasteiger partial charge in [-0.25, -0.2) is 4.98 Å². The fourth-order valence-electron chi connectivity index (χ4n) is 3.14. The number of hydrogen-bond donors (Lipinski definition) is 0. The summed E-state index contributed by atoms with van der Waals surface area (Å²) in [6.07, 6.45) is 0. The summed E-state index contributed by atoms with van der Waals surface area (Å²) >= 11 is 0. The molecule has 0 saturated carbocycles. The summed E-state index contributed by atoms with van der Waals surface area (Å²) < 4.78 is 21.8. The molecule has 5 rings (SSSR count). The summed E-state index contributed by atoms with van der Waals surface area (Å²) in [4.78, 5) is 16.3. The van der Waals surface area contributed by atoms with Gasteiger partial charge in [-0.3, -0.25) is 0 Å². The molecule has 0 bridgehead atoms. The maximum atomic E-state index is 11.7. The zero-order valence-corrected chi connectivity index (χ0v) is 13.5. The first-order chi connectivity index (χ1) is 12.7. The second-order valence-electron chi connectivity index (χ2n) is 5.92. The van der Waals surface area contributed by atoms with Crippen molar-refractivity contribution in [1.82, 2.24) is 4.98 Å². The largest absolute Gasteiger partial charge is 0.545 e. The van der Waals surface area contributed by atoms with Crippen LogP contribution in [0.4, 0.5) is 0 Å². The molecule has 3 heterocycles. The van der Waals surface area contributed by atoms with Crippen LogP contribution in [-0.2, 0) is 0 Å². The molecule has 7 nitrogen and oxygen atoms in total. The predicted octanol–water partition coefficient (Wildman–Crippen LogP) is 1.77. The van der Waals surface area contributed by atoms with Gasteiger partial charge in [0.05, 0.1) is 17.2 Å². The van der Waals surface area contributed by atoms with Crippen LogP contribution in [0.1, 0.15) is 10.4 Å². The molecule has 0 aliphatic carbocycles. The van der Waals surface area contributed by atoms with Crippen molar-refractivity contribution in [2.24, 2.45) is 0 Å². The number of aromatic nitrogens is 1. The SMILES string of the molecule is O=C([O-])c1cc(-c2ccc3c(c2)OCO3)nc2cc3c(cc12)OCCO3. The molecule has 0 radical (unpaired) electrons. The van der Waals surface area contributed by atoms with Crippen molar-refractivity contribution in [2.45, 2.75) is 0 Å². The summed E-state index contributed by atoms with van der Waals surface area (Å²) in [5.41, 5.74) is 1.74. The molecule has 0 unspecified atom stereocenters. The van der Waals surface area contributed by atoms with Crippen molar-refractivity contribution in [3.05, 3.63) is 42.0 Å². The lowest BCUT2D eigenvalue weighted by Crippen LogP contribution is -2.23. The van der Waals surface area contributed by atoms with E-state index in [2.05, 4.69) is 4.98 Å². The second-order valence-corrected chi connectivity index (χ2v) is 5.92. The van der Waals surface area contributed by atoms with Gasteiger partial charge in [0.2, 0.25) is 6.79 Å². The summed E-state index contributed by atoms with van der Waals surface area (Å²) in [5, 5.41) is 12.1. The maximum Gasteiger partial charge on any atom is 0.231 e.